The highest BCUT2D eigenvalue weighted by molar-refractivity contribution is 5.99. The fraction of sp³-hybridized carbons (Fsp3) is 0.348. The maximum Gasteiger partial charge on any atom is 0.225 e. The molecule has 7 nitrogen and oxygen atoms in total. The van der Waals surface area contributed by atoms with Gasteiger partial charge >= 0.3 is 0 Å². The molecule has 1 saturated heterocycles. The van der Waals surface area contributed by atoms with Crippen LogP contribution in [0.4, 0.5) is 16.3 Å². The lowest BCUT2D eigenvalue weighted by Crippen LogP contribution is -2.48. The number of ketones is 1. The van der Waals surface area contributed by atoms with E-state index >= 15 is 0 Å². The van der Waals surface area contributed by atoms with Crippen molar-refractivity contribution in [1.29, 1.82) is 0 Å². The summed E-state index contributed by atoms with van der Waals surface area (Å²) in [6.07, 6.45) is 4.31. The van der Waals surface area contributed by atoms with Gasteiger partial charge in [0.05, 0.1) is 17.0 Å². The number of hydrogen-bond acceptors (Lipinski definition) is 7. The lowest BCUT2D eigenvalue weighted by Gasteiger charge is -2.35. The quantitative estimate of drug-likeness (QED) is 0.647. The van der Waals surface area contributed by atoms with E-state index in [1.165, 1.54) is 6.07 Å². The average molecular weight is 418 g/mol. The van der Waals surface area contributed by atoms with E-state index < -0.39 is 0 Å². The van der Waals surface area contributed by atoms with E-state index in [-0.39, 0.29) is 23.9 Å². The van der Waals surface area contributed by atoms with E-state index in [1.54, 1.807) is 30.6 Å². The van der Waals surface area contributed by atoms with Crippen molar-refractivity contribution in [3.8, 4) is 0 Å². The first-order chi connectivity index (χ1) is 15.1. The Morgan fingerprint density at radius 1 is 0.903 bits per heavy atom. The van der Waals surface area contributed by atoms with Gasteiger partial charge in [-0.25, -0.2) is 24.3 Å². The lowest BCUT2D eigenvalue weighted by atomic mass is 9.81. The molecule has 31 heavy (non-hydrogen) atoms. The number of Topliss-reactive ketones (excluding diaryl/α,β-unsaturated/α-hetero) is 1. The molecule has 0 amide bonds. The van der Waals surface area contributed by atoms with Crippen LogP contribution < -0.4 is 9.80 Å². The number of aromatic nitrogens is 4. The molecule has 1 unspecified atom stereocenters. The topological polar surface area (TPSA) is 75.1 Å². The summed E-state index contributed by atoms with van der Waals surface area (Å²) in [7, 11) is 0. The molecule has 5 rings (SSSR count). The summed E-state index contributed by atoms with van der Waals surface area (Å²) in [5.41, 5.74) is 2.61. The molecule has 1 aromatic carbocycles. The standard InChI is InChI=1S/C23H23FN6O/c1-15-21-19(13-16(14-20(21)31)17-5-2-3-6-18(17)24)28-23(27-15)30-11-9-29(10-12-30)22-25-7-4-8-26-22/h2-8,16H,9-14H2,1H3. The maximum absolute atomic E-state index is 14.3. The molecule has 158 valence electrons. The van der Waals surface area contributed by atoms with Gasteiger partial charge in [-0.3, -0.25) is 4.79 Å². The summed E-state index contributed by atoms with van der Waals surface area (Å²) >= 11 is 0. The van der Waals surface area contributed by atoms with Crippen molar-refractivity contribution >= 4 is 17.7 Å². The van der Waals surface area contributed by atoms with Crippen LogP contribution in [0.15, 0.2) is 42.7 Å². The van der Waals surface area contributed by atoms with Crippen LogP contribution in [-0.4, -0.2) is 51.9 Å². The summed E-state index contributed by atoms with van der Waals surface area (Å²) in [6, 6.07) is 8.49. The van der Waals surface area contributed by atoms with E-state index in [1.807, 2.05) is 13.0 Å². The molecule has 1 atom stereocenters. The molecule has 0 bridgehead atoms. The molecule has 1 aliphatic heterocycles. The van der Waals surface area contributed by atoms with E-state index in [4.69, 9.17) is 4.98 Å². The number of piperazine rings is 1. The zero-order valence-electron chi connectivity index (χ0n) is 17.3. The molecular formula is C23H23FN6O. The first-order valence-corrected chi connectivity index (χ1v) is 10.5. The van der Waals surface area contributed by atoms with Crippen molar-refractivity contribution in [3.05, 3.63) is 71.1 Å². The van der Waals surface area contributed by atoms with Crippen molar-refractivity contribution in [2.24, 2.45) is 0 Å². The molecule has 0 spiro atoms. The van der Waals surface area contributed by atoms with Gasteiger partial charge in [0.2, 0.25) is 11.9 Å². The molecule has 3 aromatic rings. The Hall–Kier alpha value is -3.42. The van der Waals surface area contributed by atoms with Crippen LogP contribution in [0.25, 0.3) is 0 Å². The third-order valence-electron chi connectivity index (χ3n) is 6.05. The van der Waals surface area contributed by atoms with Gasteiger partial charge in [-0.2, -0.15) is 0 Å². The normalized spacial score (nSPS) is 18.8. The van der Waals surface area contributed by atoms with Crippen LogP contribution in [0.5, 0.6) is 0 Å². The first kappa shape index (κ1) is 19.5. The monoisotopic (exact) mass is 418 g/mol. The number of carbonyl (C=O) groups excluding carboxylic acids is 1. The van der Waals surface area contributed by atoms with E-state index in [0.29, 0.717) is 29.2 Å². The minimum absolute atomic E-state index is 0.00963. The Kier molecular flexibility index (Phi) is 5.05. The second-order valence-electron chi connectivity index (χ2n) is 8.00. The highest BCUT2D eigenvalue weighted by atomic mass is 19.1. The van der Waals surface area contributed by atoms with Crippen LogP contribution in [-0.2, 0) is 6.42 Å². The summed E-state index contributed by atoms with van der Waals surface area (Å²) < 4.78 is 14.3. The minimum Gasteiger partial charge on any atom is -0.337 e. The van der Waals surface area contributed by atoms with Crippen LogP contribution in [0, 0.1) is 12.7 Å². The Balaban J connectivity index is 1.38. The summed E-state index contributed by atoms with van der Waals surface area (Å²) in [5.74, 6) is 0.879. The Morgan fingerprint density at radius 2 is 1.58 bits per heavy atom. The largest absolute Gasteiger partial charge is 0.337 e. The number of anilines is 2. The Labute approximate surface area is 180 Å². The molecule has 1 aliphatic carbocycles. The zero-order chi connectivity index (χ0) is 21.4. The van der Waals surface area contributed by atoms with Gasteiger partial charge in [0.25, 0.3) is 0 Å². The molecule has 0 saturated carbocycles. The van der Waals surface area contributed by atoms with Gasteiger partial charge in [-0.1, -0.05) is 18.2 Å². The smallest absolute Gasteiger partial charge is 0.225 e. The molecule has 3 heterocycles. The van der Waals surface area contributed by atoms with Crippen molar-refractivity contribution in [3.63, 3.8) is 0 Å². The van der Waals surface area contributed by atoms with Crippen LogP contribution in [0.3, 0.4) is 0 Å². The Morgan fingerprint density at radius 3 is 2.29 bits per heavy atom. The molecule has 8 heteroatoms. The number of aryl methyl sites for hydroxylation is 1. The second kappa shape index (κ2) is 8.02. The number of hydrogen-bond donors (Lipinski definition) is 0. The summed E-state index contributed by atoms with van der Waals surface area (Å²) in [6.45, 7) is 4.86. The summed E-state index contributed by atoms with van der Waals surface area (Å²) in [5, 5.41) is 0. The van der Waals surface area contributed by atoms with Gasteiger partial charge < -0.3 is 9.80 Å². The fourth-order valence-corrected chi connectivity index (χ4v) is 4.49. The molecule has 0 N–H and O–H groups in total. The van der Waals surface area contributed by atoms with Crippen LogP contribution >= 0.6 is 0 Å². The van der Waals surface area contributed by atoms with Gasteiger partial charge in [0, 0.05) is 45.0 Å². The number of fused-ring (bicyclic) bond motifs is 1. The molecule has 1 fully saturated rings. The third-order valence-corrected chi connectivity index (χ3v) is 6.05. The highest BCUT2D eigenvalue weighted by Gasteiger charge is 2.32. The molecule has 2 aliphatic rings. The van der Waals surface area contributed by atoms with Gasteiger partial charge in [-0.05, 0) is 37.0 Å². The van der Waals surface area contributed by atoms with Crippen molar-refractivity contribution in [1.82, 2.24) is 19.9 Å². The van der Waals surface area contributed by atoms with Crippen molar-refractivity contribution < 1.29 is 9.18 Å². The number of nitrogens with zero attached hydrogens (tertiary/aromatic N) is 6. The number of carbonyl (C=O) groups is 1. The van der Waals surface area contributed by atoms with Crippen molar-refractivity contribution in [2.45, 2.75) is 25.7 Å². The maximum atomic E-state index is 14.3. The zero-order valence-corrected chi connectivity index (χ0v) is 17.3. The average Bonchev–Trinajstić information content (AvgIpc) is 2.79. The number of rotatable bonds is 3. The van der Waals surface area contributed by atoms with Gasteiger partial charge in [0.1, 0.15) is 5.82 Å². The van der Waals surface area contributed by atoms with E-state index in [2.05, 4.69) is 24.8 Å². The predicted molar refractivity (Wildman–Crippen MR) is 115 cm³/mol. The molecule has 0 radical (unpaired) electrons. The minimum atomic E-state index is -0.269. The first-order valence-electron chi connectivity index (χ1n) is 10.5. The second-order valence-corrected chi connectivity index (χ2v) is 8.00. The van der Waals surface area contributed by atoms with E-state index in [0.717, 1.165) is 37.8 Å². The highest BCUT2D eigenvalue weighted by Crippen LogP contribution is 2.34. The fourth-order valence-electron chi connectivity index (χ4n) is 4.49. The van der Waals surface area contributed by atoms with Gasteiger partial charge in [-0.15, -0.1) is 0 Å². The predicted octanol–water partition coefficient (Wildman–Crippen LogP) is 2.95. The molecular weight excluding hydrogens is 395 g/mol. The summed E-state index contributed by atoms with van der Waals surface area (Å²) in [4.78, 5) is 35.2. The van der Waals surface area contributed by atoms with Gasteiger partial charge in [0.15, 0.2) is 5.78 Å². The number of halogens is 1. The van der Waals surface area contributed by atoms with Crippen LogP contribution in [0.2, 0.25) is 0 Å². The van der Waals surface area contributed by atoms with E-state index in [9.17, 15) is 9.18 Å². The SMILES string of the molecule is Cc1nc(N2CCN(c3ncccn3)CC2)nc2c1C(=O)CC(c1ccccc1F)C2. The number of benzene rings is 1. The third kappa shape index (κ3) is 3.73. The van der Waals surface area contributed by atoms with Crippen LogP contribution in [0.1, 0.15) is 39.6 Å². The Bertz CT molecular complexity index is 1110. The van der Waals surface area contributed by atoms with Crippen molar-refractivity contribution in [2.75, 3.05) is 36.0 Å². The molecule has 2 aromatic heterocycles. The lowest BCUT2D eigenvalue weighted by molar-refractivity contribution is 0.0961.